The van der Waals surface area contributed by atoms with Crippen LogP contribution in [0, 0.1) is 0 Å². The van der Waals surface area contributed by atoms with Gasteiger partial charge in [-0.15, -0.1) is 0 Å². The monoisotopic (exact) mass is 443 g/mol. The van der Waals surface area contributed by atoms with E-state index in [0.717, 1.165) is 72.0 Å². The van der Waals surface area contributed by atoms with Gasteiger partial charge in [-0.05, 0) is 68.3 Å². The molecule has 1 aliphatic rings. The first kappa shape index (κ1) is 21.6. The number of rotatable bonds is 5. The van der Waals surface area contributed by atoms with Crippen molar-refractivity contribution in [3.8, 4) is 17.1 Å². The quantitative estimate of drug-likeness (QED) is 0.500. The Bertz CT molecular complexity index is 1270. The second-order valence-electron chi connectivity index (χ2n) is 8.91. The standard InChI is InChI=1S/C26H29N5O2/c1-4-22-21-7-6-20(30-11-13-33-14-12-30)16-24(21)31(29-22)25-8-5-18(17-28-25)23-15-19(9-10-27-23)26(2,3)32/h5-10,15-17,32H,4,11-14H2,1-3H3. The maximum Gasteiger partial charge on any atom is 0.154 e. The van der Waals surface area contributed by atoms with Crippen molar-refractivity contribution in [1.29, 1.82) is 0 Å². The third kappa shape index (κ3) is 4.21. The van der Waals surface area contributed by atoms with Gasteiger partial charge in [-0.2, -0.15) is 5.10 Å². The summed E-state index contributed by atoms with van der Waals surface area (Å²) < 4.78 is 7.44. The van der Waals surface area contributed by atoms with Crippen LogP contribution in [0.1, 0.15) is 32.0 Å². The van der Waals surface area contributed by atoms with Crippen molar-refractivity contribution >= 4 is 16.6 Å². The van der Waals surface area contributed by atoms with Crippen molar-refractivity contribution in [2.45, 2.75) is 32.8 Å². The molecule has 0 saturated carbocycles. The van der Waals surface area contributed by atoms with Crippen molar-refractivity contribution < 1.29 is 9.84 Å². The third-order valence-corrected chi connectivity index (χ3v) is 6.18. The first-order valence-corrected chi connectivity index (χ1v) is 11.4. The van der Waals surface area contributed by atoms with Gasteiger partial charge in [0.25, 0.3) is 0 Å². The molecular formula is C26H29N5O2. The van der Waals surface area contributed by atoms with Gasteiger partial charge in [-0.1, -0.05) is 6.92 Å². The average Bonchev–Trinajstić information content (AvgIpc) is 3.22. The number of pyridine rings is 2. The van der Waals surface area contributed by atoms with E-state index in [9.17, 15) is 5.11 Å². The third-order valence-electron chi connectivity index (χ3n) is 6.18. The Morgan fingerprint density at radius 3 is 2.55 bits per heavy atom. The second kappa shape index (κ2) is 8.57. The van der Waals surface area contributed by atoms with Crippen LogP contribution in [0.25, 0.3) is 28.0 Å². The maximum atomic E-state index is 10.3. The molecule has 1 aliphatic heterocycles. The van der Waals surface area contributed by atoms with Gasteiger partial charge in [-0.3, -0.25) is 4.98 Å². The smallest absolute Gasteiger partial charge is 0.154 e. The van der Waals surface area contributed by atoms with E-state index in [1.54, 1.807) is 20.0 Å². The van der Waals surface area contributed by atoms with Crippen LogP contribution >= 0.6 is 0 Å². The lowest BCUT2D eigenvalue weighted by atomic mass is 9.98. The fourth-order valence-electron chi connectivity index (χ4n) is 4.25. The molecule has 5 rings (SSSR count). The Hall–Kier alpha value is -3.29. The first-order valence-electron chi connectivity index (χ1n) is 11.4. The average molecular weight is 444 g/mol. The SMILES string of the molecule is CCc1nn(-c2ccc(-c3cc(C(C)(C)O)ccn3)cn2)c2cc(N3CCOCC3)ccc12. The molecule has 7 nitrogen and oxygen atoms in total. The number of aliphatic hydroxyl groups is 1. The molecule has 4 aromatic rings. The Kier molecular flexibility index (Phi) is 5.60. The molecule has 1 N–H and O–H groups in total. The van der Waals surface area contributed by atoms with Gasteiger partial charge >= 0.3 is 0 Å². The molecule has 0 aliphatic carbocycles. The first-order chi connectivity index (χ1) is 15.9. The molecule has 0 bridgehead atoms. The highest BCUT2D eigenvalue weighted by atomic mass is 16.5. The van der Waals surface area contributed by atoms with Crippen molar-refractivity contribution in [1.82, 2.24) is 19.7 Å². The summed E-state index contributed by atoms with van der Waals surface area (Å²) in [5.41, 5.74) is 4.86. The highest BCUT2D eigenvalue weighted by Crippen LogP contribution is 2.29. The van der Waals surface area contributed by atoms with Crippen LogP contribution in [0.4, 0.5) is 5.69 Å². The van der Waals surface area contributed by atoms with Gasteiger partial charge in [0.1, 0.15) is 0 Å². The van der Waals surface area contributed by atoms with Crippen LogP contribution in [0.2, 0.25) is 0 Å². The molecule has 1 aromatic carbocycles. The van der Waals surface area contributed by atoms with Crippen LogP contribution in [0.15, 0.2) is 54.9 Å². The summed E-state index contributed by atoms with van der Waals surface area (Å²) in [6, 6.07) is 14.3. The summed E-state index contributed by atoms with van der Waals surface area (Å²) in [5.74, 6) is 0.765. The number of aromatic nitrogens is 4. The lowest BCUT2D eigenvalue weighted by Crippen LogP contribution is -2.36. The van der Waals surface area contributed by atoms with Crippen molar-refractivity contribution in [3.63, 3.8) is 0 Å². The molecule has 7 heteroatoms. The number of anilines is 1. The molecular weight excluding hydrogens is 414 g/mol. The molecule has 1 saturated heterocycles. The minimum absolute atomic E-state index is 0.753. The van der Waals surface area contributed by atoms with Crippen LogP contribution < -0.4 is 4.90 Å². The van der Waals surface area contributed by atoms with E-state index < -0.39 is 5.60 Å². The van der Waals surface area contributed by atoms with Gasteiger partial charge in [0, 0.05) is 42.1 Å². The number of fused-ring (bicyclic) bond motifs is 1. The predicted molar refractivity (Wildman–Crippen MR) is 130 cm³/mol. The topological polar surface area (TPSA) is 76.3 Å². The van der Waals surface area contributed by atoms with Gasteiger partial charge in [0.05, 0.1) is 35.7 Å². The van der Waals surface area contributed by atoms with Crippen LogP contribution in [-0.2, 0) is 16.8 Å². The second-order valence-corrected chi connectivity index (χ2v) is 8.91. The summed E-state index contributed by atoms with van der Waals surface area (Å²) in [6.07, 6.45) is 4.39. The van der Waals surface area contributed by atoms with Crippen LogP contribution in [0.5, 0.6) is 0 Å². The number of nitrogens with zero attached hydrogens (tertiary/aromatic N) is 5. The lowest BCUT2D eigenvalue weighted by molar-refractivity contribution is 0.0785. The maximum absolute atomic E-state index is 10.3. The number of aryl methyl sites for hydroxylation is 1. The summed E-state index contributed by atoms with van der Waals surface area (Å²) in [7, 11) is 0. The summed E-state index contributed by atoms with van der Waals surface area (Å²) >= 11 is 0. The molecule has 1 fully saturated rings. The minimum atomic E-state index is -0.923. The fraction of sp³-hybridized carbons (Fsp3) is 0.346. The Labute approximate surface area is 193 Å². The summed E-state index contributed by atoms with van der Waals surface area (Å²) in [6.45, 7) is 8.96. The van der Waals surface area contributed by atoms with E-state index in [1.165, 1.54) is 5.69 Å². The summed E-state index contributed by atoms with van der Waals surface area (Å²) in [5, 5.41) is 16.4. The van der Waals surface area contributed by atoms with Gasteiger partial charge < -0.3 is 14.7 Å². The van der Waals surface area contributed by atoms with E-state index in [1.807, 2.05) is 35.1 Å². The van der Waals surface area contributed by atoms with Gasteiger partial charge in [0.15, 0.2) is 5.82 Å². The number of hydrogen-bond donors (Lipinski definition) is 1. The fourth-order valence-corrected chi connectivity index (χ4v) is 4.25. The lowest BCUT2D eigenvalue weighted by Gasteiger charge is -2.28. The zero-order valence-corrected chi connectivity index (χ0v) is 19.3. The van der Waals surface area contributed by atoms with Gasteiger partial charge in [0.2, 0.25) is 0 Å². The zero-order chi connectivity index (χ0) is 23.0. The molecule has 0 atom stereocenters. The van der Waals surface area contributed by atoms with E-state index >= 15 is 0 Å². The van der Waals surface area contributed by atoms with E-state index in [-0.39, 0.29) is 0 Å². The Morgan fingerprint density at radius 2 is 1.85 bits per heavy atom. The molecule has 33 heavy (non-hydrogen) atoms. The van der Waals surface area contributed by atoms with Gasteiger partial charge in [-0.25, -0.2) is 9.67 Å². The zero-order valence-electron chi connectivity index (χ0n) is 19.3. The normalized spacial score (nSPS) is 14.7. The minimum Gasteiger partial charge on any atom is -0.386 e. The molecule has 0 amide bonds. The Morgan fingerprint density at radius 1 is 1.03 bits per heavy atom. The predicted octanol–water partition coefficient (Wildman–Crippen LogP) is 4.11. The van der Waals surface area contributed by atoms with E-state index in [0.29, 0.717) is 0 Å². The number of morpholine rings is 1. The van der Waals surface area contributed by atoms with Crippen molar-refractivity contribution in [2.24, 2.45) is 0 Å². The number of benzene rings is 1. The molecule has 4 heterocycles. The largest absolute Gasteiger partial charge is 0.386 e. The van der Waals surface area contributed by atoms with Crippen molar-refractivity contribution in [2.75, 3.05) is 31.2 Å². The highest BCUT2D eigenvalue weighted by Gasteiger charge is 2.18. The van der Waals surface area contributed by atoms with Crippen LogP contribution in [-0.4, -0.2) is 51.2 Å². The highest BCUT2D eigenvalue weighted by molar-refractivity contribution is 5.86. The number of ether oxygens (including phenoxy) is 1. The summed E-state index contributed by atoms with van der Waals surface area (Å²) in [4.78, 5) is 11.5. The molecule has 0 radical (unpaired) electrons. The van der Waals surface area contributed by atoms with Crippen molar-refractivity contribution in [3.05, 3.63) is 66.1 Å². The molecule has 0 spiro atoms. The molecule has 0 unspecified atom stereocenters. The van der Waals surface area contributed by atoms with E-state index in [4.69, 9.17) is 14.8 Å². The molecule has 170 valence electrons. The van der Waals surface area contributed by atoms with E-state index in [2.05, 4.69) is 35.0 Å². The molecule has 3 aromatic heterocycles. The Balaban J connectivity index is 1.52. The number of hydrogen-bond acceptors (Lipinski definition) is 6. The van der Waals surface area contributed by atoms with Crippen LogP contribution in [0.3, 0.4) is 0 Å².